The summed E-state index contributed by atoms with van der Waals surface area (Å²) < 4.78 is 17.7. The van der Waals surface area contributed by atoms with Crippen molar-refractivity contribution in [1.82, 2.24) is 0 Å². The van der Waals surface area contributed by atoms with E-state index in [9.17, 15) is 14.4 Å². The van der Waals surface area contributed by atoms with Gasteiger partial charge in [0.2, 0.25) is 0 Å². The fourth-order valence-corrected chi connectivity index (χ4v) is 7.60. The molecule has 0 aromatic heterocycles. The zero-order chi connectivity index (χ0) is 40.5. The van der Waals surface area contributed by atoms with Gasteiger partial charge in [-0.3, -0.25) is 14.4 Å². The van der Waals surface area contributed by atoms with E-state index in [1.165, 1.54) is 116 Å². The molecule has 0 amide bonds. The summed E-state index contributed by atoms with van der Waals surface area (Å²) in [6.07, 6.45) is 39.7. The monoisotopic (exact) mass is 779 g/mol. The first kappa shape index (κ1) is 53.4. The molecule has 0 rings (SSSR count). The van der Waals surface area contributed by atoms with Crippen LogP contribution in [0.1, 0.15) is 266 Å². The lowest BCUT2D eigenvalue weighted by molar-refractivity contribution is -0.171. The Morgan fingerprint density at radius 1 is 0.345 bits per heavy atom. The Kier molecular flexibility index (Phi) is 40.8. The minimum absolute atomic E-state index is 0.0585. The molecule has 0 aromatic carbocycles. The first-order chi connectivity index (χ1) is 26.9. The van der Waals surface area contributed by atoms with E-state index >= 15 is 0 Å². The fourth-order valence-electron chi connectivity index (χ4n) is 7.60. The van der Waals surface area contributed by atoms with E-state index in [2.05, 4.69) is 34.6 Å². The highest BCUT2D eigenvalue weighted by molar-refractivity contribution is 5.73. The number of carbonyl (C=O) groups is 3. The van der Waals surface area contributed by atoms with E-state index in [-0.39, 0.29) is 43.0 Å². The van der Waals surface area contributed by atoms with E-state index in [0.29, 0.717) is 6.42 Å². The van der Waals surface area contributed by atoms with Crippen molar-refractivity contribution in [1.29, 1.82) is 0 Å². The smallest absolute Gasteiger partial charge is 0.309 e. The molecule has 0 aliphatic rings. The minimum atomic E-state index is -0.782. The number of unbranched alkanes of at least 4 members (excludes halogenated alkanes) is 26. The van der Waals surface area contributed by atoms with Crippen molar-refractivity contribution in [3.63, 3.8) is 0 Å². The molecular weight excluding hydrogens is 685 g/mol. The summed E-state index contributed by atoms with van der Waals surface area (Å²) in [7, 11) is 0. The molecule has 326 valence electrons. The van der Waals surface area contributed by atoms with Gasteiger partial charge in [0.05, 0.1) is 11.8 Å². The van der Waals surface area contributed by atoms with Crippen LogP contribution in [-0.4, -0.2) is 37.2 Å². The predicted molar refractivity (Wildman–Crippen MR) is 233 cm³/mol. The van der Waals surface area contributed by atoms with Crippen LogP contribution in [0.15, 0.2) is 0 Å². The van der Waals surface area contributed by atoms with Crippen molar-refractivity contribution in [2.75, 3.05) is 13.2 Å². The number of carbonyl (C=O) groups excluding carboxylic acids is 3. The molecule has 0 aliphatic carbocycles. The van der Waals surface area contributed by atoms with E-state index < -0.39 is 6.10 Å². The highest BCUT2D eigenvalue weighted by Gasteiger charge is 2.27. The molecule has 55 heavy (non-hydrogen) atoms. The first-order valence-corrected chi connectivity index (χ1v) is 24.5. The number of ether oxygens (including phenoxy) is 3. The first-order valence-electron chi connectivity index (χ1n) is 24.5. The quantitative estimate of drug-likeness (QED) is 0.0348. The second-order valence-corrected chi connectivity index (χ2v) is 16.9. The van der Waals surface area contributed by atoms with Gasteiger partial charge in [-0.25, -0.2) is 0 Å². The summed E-state index contributed by atoms with van der Waals surface area (Å²) in [5.41, 5.74) is 0. The summed E-state index contributed by atoms with van der Waals surface area (Å²) in [6, 6.07) is 0. The Morgan fingerprint density at radius 3 is 1.04 bits per heavy atom. The Morgan fingerprint density at radius 2 is 0.636 bits per heavy atom. The van der Waals surface area contributed by atoms with E-state index in [1.54, 1.807) is 0 Å². The van der Waals surface area contributed by atoms with Gasteiger partial charge in [-0.05, 0) is 32.1 Å². The second-order valence-electron chi connectivity index (χ2n) is 16.9. The maximum atomic E-state index is 13.7. The molecule has 0 bridgehead atoms. The lowest BCUT2D eigenvalue weighted by Crippen LogP contribution is -2.34. The molecule has 0 aromatic rings. The van der Waals surface area contributed by atoms with E-state index in [4.69, 9.17) is 14.2 Å². The van der Waals surface area contributed by atoms with Crippen LogP contribution in [0, 0.1) is 11.8 Å². The lowest BCUT2D eigenvalue weighted by atomic mass is 9.94. The van der Waals surface area contributed by atoms with Crippen LogP contribution in [0.5, 0.6) is 0 Å². The number of hydrogen-bond acceptors (Lipinski definition) is 6. The summed E-state index contributed by atoms with van der Waals surface area (Å²) in [6.45, 7) is 11.0. The van der Waals surface area contributed by atoms with E-state index in [1.807, 2.05) is 0 Å². The maximum Gasteiger partial charge on any atom is 0.309 e. The number of hydrogen-bond donors (Lipinski definition) is 0. The average Bonchev–Trinajstić information content (AvgIpc) is 3.18. The van der Waals surface area contributed by atoms with Crippen molar-refractivity contribution < 1.29 is 28.6 Å². The Bertz CT molecular complexity index is 843. The third kappa shape index (κ3) is 35.3. The van der Waals surface area contributed by atoms with Gasteiger partial charge in [-0.1, -0.05) is 227 Å². The molecule has 0 saturated heterocycles. The van der Waals surface area contributed by atoms with Crippen LogP contribution in [0.25, 0.3) is 0 Å². The zero-order valence-electron chi connectivity index (χ0n) is 37.6. The van der Waals surface area contributed by atoms with Crippen molar-refractivity contribution in [2.45, 2.75) is 272 Å². The average molecular weight is 779 g/mol. The molecule has 0 heterocycles. The standard InChI is InChI=1S/C49H94O6/c1-6-11-16-19-22-25-28-31-36-41-47(50)53-42-46(55-49(52)45(38-33-15-10-5)40-35-30-27-24-21-18-13-8-3)43-54-48(51)44(37-32-14-9-4)39-34-29-26-23-20-17-12-7-2/h44-46H,6-43H2,1-5H3. The van der Waals surface area contributed by atoms with Crippen LogP contribution in [-0.2, 0) is 28.6 Å². The minimum Gasteiger partial charge on any atom is -0.462 e. The van der Waals surface area contributed by atoms with Crippen molar-refractivity contribution in [3.05, 3.63) is 0 Å². The van der Waals surface area contributed by atoms with Gasteiger partial charge in [0.1, 0.15) is 13.2 Å². The summed E-state index contributed by atoms with van der Waals surface area (Å²) in [5.74, 6) is -0.999. The molecule has 6 nitrogen and oxygen atoms in total. The highest BCUT2D eigenvalue weighted by atomic mass is 16.6. The third-order valence-electron chi connectivity index (χ3n) is 11.4. The molecule has 0 fully saturated rings. The lowest BCUT2D eigenvalue weighted by Gasteiger charge is -2.23. The summed E-state index contributed by atoms with van der Waals surface area (Å²) >= 11 is 0. The maximum absolute atomic E-state index is 13.7. The molecule has 0 N–H and O–H groups in total. The van der Waals surface area contributed by atoms with Crippen molar-refractivity contribution in [3.8, 4) is 0 Å². The van der Waals surface area contributed by atoms with Gasteiger partial charge in [0.25, 0.3) is 0 Å². The normalized spacial score (nSPS) is 13.0. The van der Waals surface area contributed by atoms with E-state index in [0.717, 1.165) is 109 Å². The molecule has 3 atom stereocenters. The number of rotatable bonds is 43. The largest absolute Gasteiger partial charge is 0.462 e. The van der Waals surface area contributed by atoms with Gasteiger partial charge in [0.15, 0.2) is 6.10 Å². The Hall–Kier alpha value is -1.59. The van der Waals surface area contributed by atoms with Crippen LogP contribution in [0.3, 0.4) is 0 Å². The molecule has 0 radical (unpaired) electrons. The second kappa shape index (κ2) is 42.0. The highest BCUT2D eigenvalue weighted by Crippen LogP contribution is 2.23. The number of esters is 3. The van der Waals surface area contributed by atoms with Crippen LogP contribution in [0.4, 0.5) is 0 Å². The molecule has 0 saturated carbocycles. The topological polar surface area (TPSA) is 78.9 Å². The van der Waals surface area contributed by atoms with Crippen LogP contribution in [0.2, 0.25) is 0 Å². The predicted octanol–water partition coefficient (Wildman–Crippen LogP) is 15.4. The molecule has 3 unspecified atom stereocenters. The molecule has 6 heteroatoms. The fraction of sp³-hybridized carbons (Fsp3) is 0.939. The van der Waals surface area contributed by atoms with Crippen molar-refractivity contribution >= 4 is 17.9 Å². The summed E-state index contributed by atoms with van der Waals surface area (Å²) in [5, 5.41) is 0. The SMILES string of the molecule is CCCCCCCCCCCC(=O)OCC(COC(=O)C(CCCCC)CCCCCCCCCC)OC(=O)C(CCCCC)CCCCCCCCCC. The van der Waals surface area contributed by atoms with Crippen LogP contribution < -0.4 is 0 Å². The van der Waals surface area contributed by atoms with Gasteiger partial charge in [0, 0.05) is 6.42 Å². The van der Waals surface area contributed by atoms with Gasteiger partial charge in [-0.2, -0.15) is 0 Å². The Labute approximate surface area is 342 Å². The van der Waals surface area contributed by atoms with Gasteiger partial charge >= 0.3 is 17.9 Å². The van der Waals surface area contributed by atoms with Gasteiger partial charge in [-0.15, -0.1) is 0 Å². The zero-order valence-corrected chi connectivity index (χ0v) is 37.6. The van der Waals surface area contributed by atoms with Crippen molar-refractivity contribution in [2.24, 2.45) is 11.8 Å². The third-order valence-corrected chi connectivity index (χ3v) is 11.4. The molecular formula is C49H94O6. The van der Waals surface area contributed by atoms with Crippen LogP contribution >= 0.6 is 0 Å². The van der Waals surface area contributed by atoms with Gasteiger partial charge < -0.3 is 14.2 Å². The molecule has 0 spiro atoms. The Balaban J connectivity index is 5.33. The molecule has 0 aliphatic heterocycles. The summed E-state index contributed by atoms with van der Waals surface area (Å²) in [4.78, 5) is 40.1.